The molecule has 0 unspecified atom stereocenters. The summed E-state index contributed by atoms with van der Waals surface area (Å²) in [5.74, 6) is 0.728. The van der Waals surface area contributed by atoms with Crippen LogP contribution in [0, 0.1) is 0 Å². The van der Waals surface area contributed by atoms with Gasteiger partial charge in [-0.05, 0) is 45.0 Å². The molecule has 0 bridgehead atoms. The summed E-state index contributed by atoms with van der Waals surface area (Å²) in [5.41, 5.74) is 0.658. The largest absolute Gasteiger partial charge is 0.496 e. The summed E-state index contributed by atoms with van der Waals surface area (Å²) in [6.45, 7) is 4.75. The van der Waals surface area contributed by atoms with Crippen LogP contribution in [0.1, 0.15) is 30.1 Å². The van der Waals surface area contributed by atoms with Crippen LogP contribution in [0.4, 0.5) is 0 Å². The van der Waals surface area contributed by atoms with E-state index in [0.29, 0.717) is 17.4 Å². The lowest BCUT2D eigenvalue weighted by Gasteiger charge is -2.34. The van der Waals surface area contributed by atoms with E-state index in [2.05, 4.69) is 5.32 Å². The molecule has 4 nitrogen and oxygen atoms in total. The number of methoxy groups -OCH3 is 1. The van der Waals surface area contributed by atoms with Crippen LogP contribution in [-0.4, -0.2) is 43.6 Å². The summed E-state index contributed by atoms with van der Waals surface area (Å²) in [6, 6.07) is 7.78. The Morgan fingerprint density at radius 2 is 2.05 bits per heavy atom. The zero-order valence-electron chi connectivity index (χ0n) is 11.7. The highest BCUT2D eigenvalue weighted by Crippen LogP contribution is 2.22. The zero-order valence-corrected chi connectivity index (χ0v) is 11.7. The number of para-hydroxylation sites is 1. The van der Waals surface area contributed by atoms with Gasteiger partial charge in [-0.2, -0.15) is 0 Å². The van der Waals surface area contributed by atoms with Crippen LogP contribution in [0.15, 0.2) is 24.3 Å². The van der Waals surface area contributed by atoms with Gasteiger partial charge in [-0.1, -0.05) is 12.1 Å². The van der Waals surface area contributed by atoms with E-state index in [0.717, 1.165) is 32.5 Å². The second kappa shape index (κ2) is 6.57. The van der Waals surface area contributed by atoms with Crippen LogP contribution in [-0.2, 0) is 0 Å². The van der Waals surface area contributed by atoms with Crippen LogP contribution >= 0.6 is 0 Å². The van der Waals surface area contributed by atoms with Gasteiger partial charge in [0.25, 0.3) is 5.91 Å². The van der Waals surface area contributed by atoms with Gasteiger partial charge < -0.3 is 15.0 Å². The normalized spacial score (nSPS) is 16.1. The van der Waals surface area contributed by atoms with E-state index in [1.165, 1.54) is 0 Å². The van der Waals surface area contributed by atoms with Crippen molar-refractivity contribution in [3.63, 3.8) is 0 Å². The number of piperidine rings is 1. The molecule has 0 atom stereocenters. The topological polar surface area (TPSA) is 41.6 Å². The molecule has 104 valence electrons. The lowest BCUT2D eigenvalue weighted by Crippen LogP contribution is -2.46. The van der Waals surface area contributed by atoms with Crippen molar-refractivity contribution in [2.75, 3.05) is 26.7 Å². The number of carbonyl (C=O) groups excluding carboxylic acids is 1. The Bertz CT molecular complexity index is 428. The van der Waals surface area contributed by atoms with Crippen molar-refractivity contribution in [1.29, 1.82) is 0 Å². The number of rotatable bonds is 4. The average molecular weight is 262 g/mol. The first kappa shape index (κ1) is 13.9. The van der Waals surface area contributed by atoms with Gasteiger partial charge in [0, 0.05) is 12.6 Å². The summed E-state index contributed by atoms with van der Waals surface area (Å²) in [5, 5.41) is 3.33. The van der Waals surface area contributed by atoms with Crippen molar-refractivity contribution in [1.82, 2.24) is 10.2 Å². The lowest BCUT2D eigenvalue weighted by molar-refractivity contribution is 0.0653. The number of hydrogen-bond donors (Lipinski definition) is 1. The standard InChI is InChI=1S/C15H22N2O2/c1-3-17(12-8-10-16-11-9-12)15(18)13-6-4-5-7-14(13)19-2/h4-7,12,16H,3,8-11H2,1-2H3. The minimum absolute atomic E-state index is 0.0758. The minimum Gasteiger partial charge on any atom is -0.496 e. The molecule has 0 saturated carbocycles. The molecule has 0 radical (unpaired) electrons. The van der Waals surface area contributed by atoms with E-state index in [-0.39, 0.29) is 5.91 Å². The second-order valence-corrected chi connectivity index (χ2v) is 4.77. The third-order valence-electron chi connectivity index (χ3n) is 3.69. The number of hydrogen-bond acceptors (Lipinski definition) is 3. The molecule has 0 spiro atoms. The predicted molar refractivity (Wildman–Crippen MR) is 75.6 cm³/mol. The Balaban J connectivity index is 2.19. The summed E-state index contributed by atoms with van der Waals surface area (Å²) in [7, 11) is 1.60. The van der Waals surface area contributed by atoms with Crippen LogP contribution in [0.5, 0.6) is 5.75 Å². The van der Waals surface area contributed by atoms with Gasteiger partial charge in [-0.25, -0.2) is 0 Å². The minimum atomic E-state index is 0.0758. The molecule has 1 aliphatic rings. The van der Waals surface area contributed by atoms with Crippen molar-refractivity contribution in [3.05, 3.63) is 29.8 Å². The lowest BCUT2D eigenvalue weighted by atomic mass is 10.0. The molecule has 1 heterocycles. The van der Waals surface area contributed by atoms with Crippen LogP contribution < -0.4 is 10.1 Å². The van der Waals surface area contributed by atoms with Crippen molar-refractivity contribution >= 4 is 5.91 Å². The van der Waals surface area contributed by atoms with Crippen LogP contribution in [0.25, 0.3) is 0 Å². The maximum atomic E-state index is 12.7. The second-order valence-electron chi connectivity index (χ2n) is 4.77. The molecule has 1 saturated heterocycles. The van der Waals surface area contributed by atoms with Gasteiger partial charge in [0.2, 0.25) is 0 Å². The molecule has 19 heavy (non-hydrogen) atoms. The fourth-order valence-corrected chi connectivity index (χ4v) is 2.66. The number of carbonyl (C=O) groups is 1. The van der Waals surface area contributed by atoms with Crippen molar-refractivity contribution in [2.45, 2.75) is 25.8 Å². The van der Waals surface area contributed by atoms with Gasteiger partial charge >= 0.3 is 0 Å². The predicted octanol–water partition coefficient (Wildman–Crippen LogP) is 1.91. The fourth-order valence-electron chi connectivity index (χ4n) is 2.66. The maximum absolute atomic E-state index is 12.7. The Hall–Kier alpha value is -1.55. The number of amides is 1. The van der Waals surface area contributed by atoms with Crippen molar-refractivity contribution in [2.24, 2.45) is 0 Å². The molecule has 1 aliphatic heterocycles. The molecule has 1 amide bonds. The summed E-state index contributed by atoms with van der Waals surface area (Å²) in [4.78, 5) is 14.7. The van der Waals surface area contributed by atoms with E-state index in [1.807, 2.05) is 36.1 Å². The first-order chi connectivity index (χ1) is 9.27. The highest BCUT2D eigenvalue weighted by atomic mass is 16.5. The van der Waals surface area contributed by atoms with E-state index in [9.17, 15) is 4.79 Å². The van der Waals surface area contributed by atoms with Crippen LogP contribution in [0.3, 0.4) is 0 Å². The van der Waals surface area contributed by atoms with Gasteiger partial charge in [-0.3, -0.25) is 4.79 Å². The smallest absolute Gasteiger partial charge is 0.257 e. The van der Waals surface area contributed by atoms with Crippen molar-refractivity contribution < 1.29 is 9.53 Å². The molecule has 4 heteroatoms. The molecule has 0 aliphatic carbocycles. The number of nitrogens with zero attached hydrogens (tertiary/aromatic N) is 1. The molecular formula is C15H22N2O2. The van der Waals surface area contributed by atoms with Gasteiger partial charge in [-0.15, -0.1) is 0 Å². The molecule has 0 aromatic heterocycles. The number of ether oxygens (including phenoxy) is 1. The van der Waals surface area contributed by atoms with Crippen molar-refractivity contribution in [3.8, 4) is 5.75 Å². The molecule has 1 fully saturated rings. The summed E-state index contributed by atoms with van der Waals surface area (Å²) >= 11 is 0. The highest BCUT2D eigenvalue weighted by Gasteiger charge is 2.26. The number of nitrogens with one attached hydrogen (secondary N) is 1. The van der Waals surface area contributed by atoms with E-state index < -0.39 is 0 Å². The van der Waals surface area contributed by atoms with E-state index in [4.69, 9.17) is 4.74 Å². The Kier molecular flexibility index (Phi) is 4.80. The third kappa shape index (κ3) is 3.07. The molecule has 1 aromatic carbocycles. The van der Waals surface area contributed by atoms with Gasteiger partial charge in [0.05, 0.1) is 12.7 Å². The van der Waals surface area contributed by atoms with E-state index in [1.54, 1.807) is 7.11 Å². The molecule has 1 aromatic rings. The molecule has 1 N–H and O–H groups in total. The Labute approximate surface area is 114 Å². The molecular weight excluding hydrogens is 240 g/mol. The quantitative estimate of drug-likeness (QED) is 0.901. The SMILES string of the molecule is CCN(C(=O)c1ccccc1OC)C1CCNCC1. The highest BCUT2D eigenvalue weighted by molar-refractivity contribution is 5.97. The Morgan fingerprint density at radius 3 is 2.68 bits per heavy atom. The van der Waals surface area contributed by atoms with E-state index >= 15 is 0 Å². The van der Waals surface area contributed by atoms with Crippen LogP contribution in [0.2, 0.25) is 0 Å². The summed E-state index contributed by atoms with van der Waals surface area (Å²) in [6.07, 6.45) is 2.05. The fraction of sp³-hybridized carbons (Fsp3) is 0.533. The average Bonchev–Trinajstić information content (AvgIpc) is 2.49. The van der Waals surface area contributed by atoms with Gasteiger partial charge in [0.1, 0.15) is 5.75 Å². The third-order valence-corrected chi connectivity index (χ3v) is 3.69. The number of benzene rings is 1. The van der Waals surface area contributed by atoms with Gasteiger partial charge in [0.15, 0.2) is 0 Å². The monoisotopic (exact) mass is 262 g/mol. The molecule has 2 rings (SSSR count). The maximum Gasteiger partial charge on any atom is 0.257 e. The Morgan fingerprint density at radius 1 is 1.37 bits per heavy atom. The summed E-state index contributed by atoms with van der Waals surface area (Å²) < 4.78 is 5.29. The first-order valence-corrected chi connectivity index (χ1v) is 6.92. The zero-order chi connectivity index (χ0) is 13.7. The first-order valence-electron chi connectivity index (χ1n) is 6.92.